The second-order valence-corrected chi connectivity index (χ2v) is 8.58. The zero-order chi connectivity index (χ0) is 18.1. The van der Waals surface area contributed by atoms with Gasteiger partial charge in [-0.3, -0.25) is 9.10 Å². The summed E-state index contributed by atoms with van der Waals surface area (Å²) in [6.07, 6.45) is 2.28. The average molecular weight is 389 g/mol. The summed E-state index contributed by atoms with van der Waals surface area (Å²) >= 11 is 5.85. The second kappa shape index (κ2) is 7.11. The minimum absolute atomic E-state index is 0.241. The summed E-state index contributed by atoms with van der Waals surface area (Å²) < 4.78 is 36.6. The maximum Gasteiger partial charge on any atom is 0.243 e. The molecule has 0 radical (unpaired) electrons. The van der Waals surface area contributed by atoms with Crippen molar-refractivity contribution in [2.45, 2.75) is 18.6 Å². The largest absolute Gasteiger partial charge is 0.347 e. The number of carbonyl (C=O) groups excluding carboxylic acids is 1. The summed E-state index contributed by atoms with van der Waals surface area (Å²) in [5.74, 6) is -0.808. The maximum absolute atomic E-state index is 12.6. The summed E-state index contributed by atoms with van der Waals surface area (Å²) in [4.78, 5) is 14.3. The molecule has 2 heterocycles. The van der Waals surface area contributed by atoms with E-state index in [1.54, 1.807) is 29.2 Å². The number of ether oxygens (including phenoxy) is 2. The number of amides is 1. The number of benzene rings is 1. The van der Waals surface area contributed by atoms with E-state index in [9.17, 15) is 13.2 Å². The van der Waals surface area contributed by atoms with E-state index in [2.05, 4.69) is 0 Å². The van der Waals surface area contributed by atoms with Gasteiger partial charge in [0.2, 0.25) is 15.9 Å². The number of hydrogen-bond donors (Lipinski definition) is 0. The lowest BCUT2D eigenvalue weighted by molar-refractivity contribution is -0.187. The molecule has 1 amide bonds. The van der Waals surface area contributed by atoms with E-state index in [-0.39, 0.29) is 12.5 Å². The molecule has 0 atom stereocenters. The number of halogens is 1. The molecule has 0 bridgehead atoms. The van der Waals surface area contributed by atoms with Crippen molar-refractivity contribution in [2.24, 2.45) is 0 Å². The van der Waals surface area contributed by atoms with Crippen LogP contribution in [0.1, 0.15) is 12.8 Å². The quantitative estimate of drug-likeness (QED) is 0.780. The van der Waals surface area contributed by atoms with Gasteiger partial charge in [-0.1, -0.05) is 11.6 Å². The van der Waals surface area contributed by atoms with Gasteiger partial charge in [-0.05, 0) is 24.3 Å². The van der Waals surface area contributed by atoms with Crippen LogP contribution in [-0.2, 0) is 24.3 Å². The van der Waals surface area contributed by atoms with E-state index in [1.165, 1.54) is 0 Å². The molecule has 2 saturated heterocycles. The van der Waals surface area contributed by atoms with E-state index < -0.39 is 15.8 Å². The van der Waals surface area contributed by atoms with Gasteiger partial charge in [0, 0.05) is 31.0 Å². The number of likely N-dealkylation sites (tertiary alicyclic amines) is 1. The number of piperidine rings is 1. The molecular weight excluding hydrogens is 368 g/mol. The van der Waals surface area contributed by atoms with E-state index in [0.717, 1.165) is 10.6 Å². The number of nitrogens with zero attached hydrogens (tertiary/aromatic N) is 2. The Labute approximate surface area is 152 Å². The molecule has 0 saturated carbocycles. The average Bonchev–Trinajstić information content (AvgIpc) is 3.01. The highest BCUT2D eigenvalue weighted by Gasteiger charge is 2.41. The fraction of sp³-hybridized carbons (Fsp3) is 0.562. The summed E-state index contributed by atoms with van der Waals surface area (Å²) in [5, 5.41) is 0.501. The van der Waals surface area contributed by atoms with Crippen LogP contribution in [-0.4, -0.2) is 64.1 Å². The summed E-state index contributed by atoms with van der Waals surface area (Å²) in [6.45, 7) is 1.88. The third-order valence-corrected chi connectivity index (χ3v) is 5.88. The number of anilines is 1. The number of carbonyl (C=O) groups is 1. The normalized spacial score (nSPS) is 20.0. The molecule has 0 aliphatic carbocycles. The molecule has 0 unspecified atom stereocenters. The first-order valence-corrected chi connectivity index (χ1v) is 10.3. The van der Waals surface area contributed by atoms with Crippen LogP contribution in [0.25, 0.3) is 0 Å². The fourth-order valence-corrected chi connectivity index (χ4v) is 4.09. The van der Waals surface area contributed by atoms with Crippen LogP contribution < -0.4 is 4.31 Å². The predicted molar refractivity (Wildman–Crippen MR) is 94.1 cm³/mol. The SMILES string of the molecule is CS(=O)(=O)N(CC(=O)N1CCC2(CC1)OCCO2)c1ccc(Cl)cc1. The third kappa shape index (κ3) is 4.25. The molecule has 138 valence electrons. The Morgan fingerprint density at radius 1 is 1.20 bits per heavy atom. The maximum atomic E-state index is 12.6. The van der Waals surface area contributed by atoms with Crippen molar-refractivity contribution in [2.75, 3.05) is 43.4 Å². The van der Waals surface area contributed by atoms with E-state index in [4.69, 9.17) is 21.1 Å². The second-order valence-electron chi connectivity index (χ2n) is 6.23. The van der Waals surface area contributed by atoms with Crippen LogP contribution >= 0.6 is 11.6 Å². The van der Waals surface area contributed by atoms with Crippen LogP contribution in [0.5, 0.6) is 0 Å². The molecular formula is C16H21ClN2O5S. The van der Waals surface area contributed by atoms with Crippen LogP contribution in [0.3, 0.4) is 0 Å². The summed E-state index contributed by atoms with van der Waals surface area (Å²) in [5.41, 5.74) is 0.413. The van der Waals surface area contributed by atoms with Gasteiger partial charge >= 0.3 is 0 Å². The Kier molecular flexibility index (Phi) is 5.24. The minimum Gasteiger partial charge on any atom is -0.347 e. The molecule has 25 heavy (non-hydrogen) atoms. The number of hydrogen-bond acceptors (Lipinski definition) is 5. The van der Waals surface area contributed by atoms with Crippen LogP contribution in [0.4, 0.5) is 5.69 Å². The molecule has 0 aromatic heterocycles. The van der Waals surface area contributed by atoms with Gasteiger partial charge in [-0.15, -0.1) is 0 Å². The summed E-state index contributed by atoms with van der Waals surface area (Å²) in [6, 6.07) is 6.36. The molecule has 1 aromatic carbocycles. The molecule has 2 aliphatic rings. The lowest BCUT2D eigenvalue weighted by Crippen LogP contribution is -2.50. The lowest BCUT2D eigenvalue weighted by atomic mass is 10.0. The standard InChI is InChI=1S/C16H21ClN2O5S/c1-25(21,22)19(14-4-2-13(17)3-5-14)12-15(20)18-8-6-16(7-9-18)23-10-11-24-16/h2-5H,6-12H2,1H3. The van der Waals surface area contributed by atoms with Gasteiger partial charge in [-0.2, -0.15) is 0 Å². The van der Waals surface area contributed by atoms with Gasteiger partial charge in [0.25, 0.3) is 0 Å². The smallest absolute Gasteiger partial charge is 0.243 e. The van der Waals surface area contributed by atoms with E-state index >= 15 is 0 Å². The molecule has 2 aliphatic heterocycles. The first kappa shape index (κ1) is 18.4. The monoisotopic (exact) mass is 388 g/mol. The number of rotatable bonds is 4. The molecule has 3 rings (SSSR count). The van der Waals surface area contributed by atoms with Gasteiger partial charge in [0.15, 0.2) is 5.79 Å². The Morgan fingerprint density at radius 3 is 2.28 bits per heavy atom. The zero-order valence-electron chi connectivity index (χ0n) is 14.0. The lowest BCUT2D eigenvalue weighted by Gasteiger charge is -2.38. The van der Waals surface area contributed by atoms with Gasteiger partial charge in [0.05, 0.1) is 25.2 Å². The summed E-state index contributed by atoms with van der Waals surface area (Å²) in [7, 11) is -3.59. The Morgan fingerprint density at radius 2 is 1.76 bits per heavy atom. The van der Waals surface area contributed by atoms with Crippen molar-refractivity contribution in [1.82, 2.24) is 4.90 Å². The minimum atomic E-state index is -3.59. The molecule has 0 N–H and O–H groups in total. The van der Waals surface area contributed by atoms with Crippen molar-refractivity contribution in [3.8, 4) is 0 Å². The van der Waals surface area contributed by atoms with Gasteiger partial charge in [-0.25, -0.2) is 8.42 Å². The molecule has 2 fully saturated rings. The van der Waals surface area contributed by atoms with Crippen molar-refractivity contribution >= 4 is 33.2 Å². The Bertz CT molecular complexity index is 721. The zero-order valence-corrected chi connectivity index (χ0v) is 15.6. The molecule has 7 nitrogen and oxygen atoms in total. The van der Waals surface area contributed by atoms with Crippen LogP contribution in [0.2, 0.25) is 5.02 Å². The number of sulfonamides is 1. The van der Waals surface area contributed by atoms with E-state index in [0.29, 0.717) is 49.9 Å². The van der Waals surface area contributed by atoms with Gasteiger partial charge < -0.3 is 14.4 Å². The Balaban J connectivity index is 1.68. The highest BCUT2D eigenvalue weighted by atomic mass is 35.5. The van der Waals surface area contributed by atoms with Crippen LogP contribution in [0, 0.1) is 0 Å². The van der Waals surface area contributed by atoms with E-state index in [1.807, 2.05) is 0 Å². The topological polar surface area (TPSA) is 76.2 Å². The van der Waals surface area contributed by atoms with Crippen molar-refractivity contribution < 1.29 is 22.7 Å². The molecule has 1 aromatic rings. The third-order valence-electron chi connectivity index (χ3n) is 4.49. The highest BCUT2D eigenvalue weighted by Crippen LogP contribution is 2.31. The van der Waals surface area contributed by atoms with Crippen molar-refractivity contribution in [3.63, 3.8) is 0 Å². The highest BCUT2D eigenvalue weighted by molar-refractivity contribution is 7.92. The van der Waals surface area contributed by atoms with Gasteiger partial charge in [0.1, 0.15) is 6.54 Å². The first-order chi connectivity index (χ1) is 11.8. The first-order valence-electron chi connectivity index (χ1n) is 8.08. The van der Waals surface area contributed by atoms with Crippen molar-refractivity contribution in [1.29, 1.82) is 0 Å². The Hall–Kier alpha value is -1.35. The molecule has 1 spiro atoms. The van der Waals surface area contributed by atoms with Crippen molar-refractivity contribution in [3.05, 3.63) is 29.3 Å². The van der Waals surface area contributed by atoms with Crippen LogP contribution in [0.15, 0.2) is 24.3 Å². The predicted octanol–water partition coefficient (Wildman–Crippen LogP) is 1.47. The molecule has 9 heteroatoms. The fourth-order valence-electron chi connectivity index (χ4n) is 3.11.